The molecule has 0 amide bonds. The Bertz CT molecular complexity index is 438. The Balaban J connectivity index is 2.29. The van der Waals surface area contributed by atoms with E-state index in [0.29, 0.717) is 0 Å². The van der Waals surface area contributed by atoms with Gasteiger partial charge >= 0.3 is 0 Å². The maximum atomic E-state index is 13.7. The normalized spacial score (nSPS) is 19.1. The van der Waals surface area contributed by atoms with Gasteiger partial charge in [0.15, 0.2) is 0 Å². The van der Waals surface area contributed by atoms with Crippen LogP contribution in [-0.4, -0.2) is 36.7 Å². The monoisotopic (exact) mass is 281 g/mol. The summed E-state index contributed by atoms with van der Waals surface area (Å²) in [6, 6.07) is 4.92. The highest BCUT2D eigenvalue weighted by atomic mass is 19.1. The average Bonchev–Trinajstić information content (AvgIpc) is 2.39. The molecule has 5 heteroatoms. The first kappa shape index (κ1) is 15.4. The van der Waals surface area contributed by atoms with Crippen molar-refractivity contribution in [1.82, 2.24) is 10.3 Å². The minimum absolute atomic E-state index is 0.144. The molecule has 0 saturated carbocycles. The summed E-state index contributed by atoms with van der Waals surface area (Å²) >= 11 is 0. The average molecular weight is 281 g/mol. The van der Waals surface area contributed by atoms with Gasteiger partial charge < -0.3 is 4.74 Å². The molecule has 0 bridgehead atoms. The van der Waals surface area contributed by atoms with Gasteiger partial charge in [-0.15, -0.1) is 0 Å². The van der Waals surface area contributed by atoms with Crippen molar-refractivity contribution in [3.8, 4) is 0 Å². The van der Waals surface area contributed by atoms with Crippen LogP contribution in [0.2, 0.25) is 0 Å². The number of benzene rings is 1. The van der Waals surface area contributed by atoms with Crippen LogP contribution in [0.5, 0.6) is 0 Å². The standard InChI is InChI=1S/C15H24FN3O/c1-11-8-12(10-13(16)9-11)14(18-17)15(2,3)19-4-6-20-7-5-19/h8-10,14,18H,4-7,17H2,1-3H3. The Morgan fingerprint density at radius 3 is 2.50 bits per heavy atom. The number of halogens is 1. The van der Waals surface area contributed by atoms with Crippen LogP contribution in [-0.2, 0) is 4.74 Å². The van der Waals surface area contributed by atoms with E-state index in [4.69, 9.17) is 10.6 Å². The third kappa shape index (κ3) is 3.17. The molecule has 112 valence electrons. The molecule has 2 rings (SSSR count). The lowest BCUT2D eigenvalue weighted by Crippen LogP contribution is -2.57. The highest BCUT2D eigenvalue weighted by Gasteiger charge is 2.36. The van der Waals surface area contributed by atoms with Crippen LogP contribution in [0.15, 0.2) is 18.2 Å². The van der Waals surface area contributed by atoms with E-state index in [-0.39, 0.29) is 17.4 Å². The minimum atomic E-state index is -0.224. The summed E-state index contributed by atoms with van der Waals surface area (Å²) in [6.45, 7) is 9.32. The fraction of sp³-hybridized carbons (Fsp3) is 0.600. The van der Waals surface area contributed by atoms with Gasteiger partial charge in [0.1, 0.15) is 5.82 Å². The fourth-order valence-electron chi connectivity index (χ4n) is 2.96. The molecule has 1 fully saturated rings. The number of nitrogens with two attached hydrogens (primary N) is 1. The minimum Gasteiger partial charge on any atom is -0.379 e. The molecule has 1 aliphatic rings. The predicted molar refractivity (Wildman–Crippen MR) is 77.7 cm³/mol. The van der Waals surface area contributed by atoms with Crippen LogP contribution in [0, 0.1) is 12.7 Å². The second-order valence-corrected chi connectivity index (χ2v) is 5.91. The zero-order valence-electron chi connectivity index (χ0n) is 12.4. The zero-order valence-corrected chi connectivity index (χ0v) is 12.4. The second kappa shape index (κ2) is 6.18. The Morgan fingerprint density at radius 1 is 1.30 bits per heavy atom. The molecule has 0 aromatic heterocycles. The Hall–Kier alpha value is -1.01. The van der Waals surface area contributed by atoms with Crippen LogP contribution in [0.3, 0.4) is 0 Å². The topological polar surface area (TPSA) is 50.5 Å². The lowest BCUT2D eigenvalue weighted by atomic mass is 9.86. The fourth-order valence-corrected chi connectivity index (χ4v) is 2.96. The van der Waals surface area contributed by atoms with Crippen molar-refractivity contribution >= 4 is 0 Å². The molecule has 0 radical (unpaired) electrons. The maximum absolute atomic E-state index is 13.7. The Labute approximate surface area is 120 Å². The van der Waals surface area contributed by atoms with Crippen molar-refractivity contribution in [2.45, 2.75) is 32.4 Å². The number of hydrazine groups is 1. The smallest absolute Gasteiger partial charge is 0.123 e. The lowest BCUT2D eigenvalue weighted by Gasteiger charge is -2.45. The molecule has 4 nitrogen and oxygen atoms in total. The second-order valence-electron chi connectivity index (χ2n) is 5.91. The van der Waals surface area contributed by atoms with Gasteiger partial charge in [0.25, 0.3) is 0 Å². The van der Waals surface area contributed by atoms with Gasteiger partial charge in [-0.05, 0) is 44.0 Å². The quantitative estimate of drug-likeness (QED) is 0.652. The Kier molecular flexibility index (Phi) is 4.75. The number of hydrogen-bond donors (Lipinski definition) is 2. The summed E-state index contributed by atoms with van der Waals surface area (Å²) in [4.78, 5) is 2.33. The van der Waals surface area contributed by atoms with Crippen molar-refractivity contribution < 1.29 is 9.13 Å². The molecule has 1 saturated heterocycles. The van der Waals surface area contributed by atoms with E-state index in [1.54, 1.807) is 6.07 Å². The Morgan fingerprint density at radius 2 is 1.95 bits per heavy atom. The first-order valence-electron chi connectivity index (χ1n) is 7.01. The first-order chi connectivity index (χ1) is 9.45. The van der Waals surface area contributed by atoms with E-state index in [9.17, 15) is 4.39 Å². The largest absolute Gasteiger partial charge is 0.379 e. The van der Waals surface area contributed by atoms with Gasteiger partial charge in [0, 0.05) is 18.6 Å². The van der Waals surface area contributed by atoms with Crippen molar-refractivity contribution in [1.29, 1.82) is 0 Å². The number of hydrogen-bond acceptors (Lipinski definition) is 4. The van der Waals surface area contributed by atoms with E-state index in [1.807, 2.05) is 13.0 Å². The van der Waals surface area contributed by atoms with Crippen LogP contribution in [0.25, 0.3) is 0 Å². The van der Waals surface area contributed by atoms with Gasteiger partial charge in [0.05, 0.1) is 19.3 Å². The summed E-state index contributed by atoms with van der Waals surface area (Å²) in [6.07, 6.45) is 0. The van der Waals surface area contributed by atoms with Crippen LogP contribution < -0.4 is 11.3 Å². The number of morpholine rings is 1. The summed E-state index contributed by atoms with van der Waals surface area (Å²) in [5.41, 5.74) is 4.42. The van der Waals surface area contributed by atoms with Crippen molar-refractivity contribution in [2.75, 3.05) is 26.3 Å². The first-order valence-corrected chi connectivity index (χ1v) is 7.01. The number of aryl methyl sites for hydroxylation is 1. The van der Waals surface area contributed by atoms with Crippen LogP contribution in [0.1, 0.15) is 31.0 Å². The highest BCUT2D eigenvalue weighted by Crippen LogP contribution is 2.32. The highest BCUT2D eigenvalue weighted by molar-refractivity contribution is 5.28. The summed E-state index contributed by atoms with van der Waals surface area (Å²) in [5.74, 6) is 5.54. The number of ether oxygens (including phenoxy) is 1. The van der Waals surface area contributed by atoms with E-state index < -0.39 is 0 Å². The maximum Gasteiger partial charge on any atom is 0.123 e. The SMILES string of the molecule is Cc1cc(F)cc(C(NN)C(C)(C)N2CCOCC2)c1. The lowest BCUT2D eigenvalue weighted by molar-refractivity contribution is -0.0239. The molecule has 1 unspecified atom stereocenters. The molecule has 1 heterocycles. The van der Waals surface area contributed by atoms with Gasteiger partial charge in [0.2, 0.25) is 0 Å². The van der Waals surface area contributed by atoms with E-state index in [2.05, 4.69) is 24.2 Å². The molecule has 1 aromatic rings. The van der Waals surface area contributed by atoms with Gasteiger partial charge in [-0.2, -0.15) is 0 Å². The predicted octanol–water partition coefficient (Wildman–Crippen LogP) is 1.75. The van der Waals surface area contributed by atoms with Gasteiger partial charge in [-0.3, -0.25) is 16.2 Å². The third-order valence-corrected chi connectivity index (χ3v) is 4.10. The van der Waals surface area contributed by atoms with Crippen LogP contribution >= 0.6 is 0 Å². The summed E-state index contributed by atoms with van der Waals surface area (Å²) < 4.78 is 19.1. The molecule has 1 aromatic carbocycles. The molecule has 1 atom stereocenters. The molecule has 1 aliphatic heterocycles. The molecule has 20 heavy (non-hydrogen) atoms. The molecule has 3 N–H and O–H groups in total. The number of rotatable bonds is 4. The van der Waals surface area contributed by atoms with Crippen molar-refractivity contribution in [3.63, 3.8) is 0 Å². The van der Waals surface area contributed by atoms with E-state index in [1.165, 1.54) is 6.07 Å². The molecule has 0 aliphatic carbocycles. The van der Waals surface area contributed by atoms with E-state index >= 15 is 0 Å². The molecule has 0 spiro atoms. The van der Waals surface area contributed by atoms with Crippen LogP contribution in [0.4, 0.5) is 4.39 Å². The zero-order chi connectivity index (χ0) is 14.8. The summed E-state index contributed by atoms with van der Waals surface area (Å²) in [7, 11) is 0. The van der Waals surface area contributed by atoms with E-state index in [0.717, 1.165) is 37.4 Å². The third-order valence-electron chi connectivity index (χ3n) is 4.10. The van der Waals surface area contributed by atoms with Crippen molar-refractivity contribution in [2.24, 2.45) is 5.84 Å². The number of nitrogens with one attached hydrogen (secondary N) is 1. The van der Waals surface area contributed by atoms with Crippen molar-refractivity contribution in [3.05, 3.63) is 35.1 Å². The number of nitrogens with zero attached hydrogens (tertiary/aromatic N) is 1. The van der Waals surface area contributed by atoms with Gasteiger partial charge in [-0.1, -0.05) is 6.07 Å². The van der Waals surface area contributed by atoms with Gasteiger partial charge in [-0.25, -0.2) is 4.39 Å². The molecular formula is C15H24FN3O. The summed E-state index contributed by atoms with van der Waals surface area (Å²) in [5, 5.41) is 0. The molecular weight excluding hydrogens is 257 g/mol.